The number of hydrogen-bond acceptors (Lipinski definition) is 4. The Labute approximate surface area is 101 Å². The Hall–Kier alpha value is -1.43. The van der Waals surface area contributed by atoms with E-state index in [4.69, 9.17) is 0 Å². The van der Waals surface area contributed by atoms with Gasteiger partial charge in [-0.2, -0.15) is 0 Å². The molecule has 0 aliphatic carbocycles. The molecule has 1 aliphatic heterocycles. The predicted octanol–water partition coefficient (Wildman–Crippen LogP) is 1.46. The minimum absolute atomic E-state index is 0.794. The van der Waals surface area contributed by atoms with E-state index < -0.39 is 0 Å². The van der Waals surface area contributed by atoms with Crippen LogP contribution in [0.2, 0.25) is 0 Å². The summed E-state index contributed by atoms with van der Waals surface area (Å²) in [6, 6.07) is 2.01. The second kappa shape index (κ2) is 3.86. The summed E-state index contributed by atoms with van der Waals surface area (Å²) >= 11 is 3.52. The first-order valence-electron chi connectivity index (χ1n) is 5.06. The molecule has 0 saturated heterocycles. The monoisotopic (exact) mass is 279 g/mol. The van der Waals surface area contributed by atoms with Gasteiger partial charge >= 0.3 is 0 Å². The number of anilines is 1. The van der Waals surface area contributed by atoms with Crippen molar-refractivity contribution in [3.05, 3.63) is 35.1 Å². The SMILES string of the molecule is Brc1cnccc1N1CCn2cnnc2C1. The first-order chi connectivity index (χ1) is 7.84. The first kappa shape index (κ1) is 9.77. The molecule has 2 aromatic heterocycles. The molecule has 0 bridgehead atoms. The molecule has 6 heteroatoms. The van der Waals surface area contributed by atoms with Crippen molar-refractivity contribution in [2.24, 2.45) is 0 Å². The third kappa shape index (κ3) is 1.59. The molecule has 3 heterocycles. The van der Waals surface area contributed by atoms with Gasteiger partial charge in [0.05, 0.1) is 16.7 Å². The molecule has 0 fully saturated rings. The zero-order chi connectivity index (χ0) is 11.0. The van der Waals surface area contributed by atoms with E-state index >= 15 is 0 Å². The largest absolute Gasteiger partial charge is 0.361 e. The molecule has 5 nitrogen and oxygen atoms in total. The van der Waals surface area contributed by atoms with Crippen molar-refractivity contribution in [2.45, 2.75) is 13.1 Å². The van der Waals surface area contributed by atoms with Crippen molar-refractivity contribution in [3.8, 4) is 0 Å². The van der Waals surface area contributed by atoms with E-state index in [1.54, 1.807) is 12.5 Å². The standard InChI is InChI=1S/C10H10BrN5/c11-8-5-12-2-1-9(8)15-3-4-16-7-13-14-10(16)6-15/h1-2,5,7H,3-4,6H2. The molecule has 0 unspecified atom stereocenters. The molecule has 82 valence electrons. The quantitative estimate of drug-likeness (QED) is 0.793. The minimum Gasteiger partial charge on any atom is -0.361 e. The summed E-state index contributed by atoms with van der Waals surface area (Å²) in [6.07, 6.45) is 5.41. The van der Waals surface area contributed by atoms with Crippen LogP contribution in [-0.2, 0) is 13.1 Å². The fourth-order valence-corrected chi connectivity index (χ4v) is 2.40. The van der Waals surface area contributed by atoms with Crippen molar-refractivity contribution in [1.29, 1.82) is 0 Å². The van der Waals surface area contributed by atoms with Crippen molar-refractivity contribution in [3.63, 3.8) is 0 Å². The summed E-state index contributed by atoms with van der Waals surface area (Å²) in [5.74, 6) is 1.01. The topological polar surface area (TPSA) is 46.8 Å². The summed E-state index contributed by atoms with van der Waals surface area (Å²) in [4.78, 5) is 6.34. The lowest BCUT2D eigenvalue weighted by atomic mass is 10.3. The van der Waals surface area contributed by atoms with Gasteiger partial charge in [0.25, 0.3) is 0 Å². The first-order valence-corrected chi connectivity index (χ1v) is 5.85. The minimum atomic E-state index is 0.794. The fourth-order valence-electron chi connectivity index (χ4n) is 1.90. The van der Waals surface area contributed by atoms with Gasteiger partial charge < -0.3 is 9.47 Å². The van der Waals surface area contributed by atoms with Crippen LogP contribution in [0.1, 0.15) is 5.82 Å². The lowest BCUT2D eigenvalue weighted by Gasteiger charge is -2.29. The maximum absolute atomic E-state index is 4.10. The summed E-state index contributed by atoms with van der Waals surface area (Å²) < 4.78 is 3.11. The number of aromatic nitrogens is 4. The van der Waals surface area contributed by atoms with Gasteiger partial charge in [-0.1, -0.05) is 0 Å². The van der Waals surface area contributed by atoms with Crippen LogP contribution in [0.15, 0.2) is 29.3 Å². The maximum Gasteiger partial charge on any atom is 0.152 e. The summed E-state index contributed by atoms with van der Waals surface area (Å²) in [5.41, 5.74) is 1.16. The van der Waals surface area contributed by atoms with Gasteiger partial charge in [0.2, 0.25) is 0 Å². The number of nitrogens with zero attached hydrogens (tertiary/aromatic N) is 5. The number of pyridine rings is 1. The third-order valence-corrected chi connectivity index (χ3v) is 3.34. The smallest absolute Gasteiger partial charge is 0.152 e. The zero-order valence-electron chi connectivity index (χ0n) is 8.54. The second-order valence-electron chi connectivity index (χ2n) is 3.69. The van der Waals surface area contributed by atoms with Crippen LogP contribution in [0, 0.1) is 0 Å². The van der Waals surface area contributed by atoms with Crippen LogP contribution < -0.4 is 4.90 Å². The molecular formula is C10H10BrN5. The van der Waals surface area contributed by atoms with Gasteiger partial charge in [-0.15, -0.1) is 10.2 Å². The lowest BCUT2D eigenvalue weighted by molar-refractivity contribution is 0.559. The molecule has 0 radical (unpaired) electrons. The molecule has 1 aliphatic rings. The predicted molar refractivity (Wildman–Crippen MR) is 63.0 cm³/mol. The van der Waals surface area contributed by atoms with Gasteiger partial charge in [0.1, 0.15) is 6.33 Å². The van der Waals surface area contributed by atoms with E-state index in [9.17, 15) is 0 Å². The molecule has 0 spiro atoms. The molecule has 0 aromatic carbocycles. The van der Waals surface area contributed by atoms with Crippen LogP contribution in [0.5, 0.6) is 0 Å². The van der Waals surface area contributed by atoms with E-state index in [-0.39, 0.29) is 0 Å². The fraction of sp³-hybridized carbons (Fsp3) is 0.300. The molecule has 0 saturated carbocycles. The average molecular weight is 280 g/mol. The molecular weight excluding hydrogens is 270 g/mol. The zero-order valence-corrected chi connectivity index (χ0v) is 10.1. The highest BCUT2D eigenvalue weighted by Crippen LogP contribution is 2.27. The van der Waals surface area contributed by atoms with Crippen molar-refractivity contribution in [1.82, 2.24) is 19.7 Å². The highest BCUT2D eigenvalue weighted by molar-refractivity contribution is 9.10. The number of fused-ring (bicyclic) bond motifs is 1. The van der Waals surface area contributed by atoms with E-state index in [2.05, 4.69) is 40.6 Å². The molecule has 3 rings (SSSR count). The van der Waals surface area contributed by atoms with Crippen molar-refractivity contribution < 1.29 is 0 Å². The Morgan fingerprint density at radius 3 is 3.12 bits per heavy atom. The maximum atomic E-state index is 4.10. The number of hydrogen-bond donors (Lipinski definition) is 0. The molecule has 0 N–H and O–H groups in total. The highest BCUT2D eigenvalue weighted by Gasteiger charge is 2.18. The van der Waals surface area contributed by atoms with Crippen LogP contribution in [-0.4, -0.2) is 26.3 Å². The Balaban J connectivity index is 1.92. The Bertz CT molecular complexity index is 509. The number of rotatable bonds is 1. The summed E-state index contributed by atoms with van der Waals surface area (Å²) in [6.45, 7) is 2.69. The van der Waals surface area contributed by atoms with Gasteiger partial charge in [0, 0.05) is 25.5 Å². The van der Waals surface area contributed by atoms with Gasteiger partial charge in [0.15, 0.2) is 5.82 Å². The molecule has 0 atom stereocenters. The third-order valence-electron chi connectivity index (χ3n) is 2.73. The van der Waals surface area contributed by atoms with Crippen LogP contribution in [0.3, 0.4) is 0 Å². The van der Waals surface area contributed by atoms with Crippen LogP contribution in [0.25, 0.3) is 0 Å². The molecule has 16 heavy (non-hydrogen) atoms. The van der Waals surface area contributed by atoms with Gasteiger partial charge in [-0.05, 0) is 22.0 Å². The second-order valence-corrected chi connectivity index (χ2v) is 4.54. The highest BCUT2D eigenvalue weighted by atomic mass is 79.9. The summed E-state index contributed by atoms with van der Waals surface area (Å²) in [5, 5.41) is 8.02. The van der Waals surface area contributed by atoms with Crippen LogP contribution in [0.4, 0.5) is 5.69 Å². The van der Waals surface area contributed by atoms with E-state index in [0.717, 1.165) is 35.6 Å². The number of halogens is 1. The van der Waals surface area contributed by atoms with Crippen molar-refractivity contribution >= 4 is 21.6 Å². The Morgan fingerprint density at radius 1 is 1.31 bits per heavy atom. The normalized spacial score (nSPS) is 14.9. The Morgan fingerprint density at radius 2 is 2.25 bits per heavy atom. The van der Waals surface area contributed by atoms with E-state index in [1.165, 1.54) is 0 Å². The molecule has 2 aromatic rings. The van der Waals surface area contributed by atoms with Gasteiger partial charge in [-0.25, -0.2) is 0 Å². The summed E-state index contributed by atoms with van der Waals surface area (Å²) in [7, 11) is 0. The van der Waals surface area contributed by atoms with E-state index in [0.29, 0.717) is 0 Å². The average Bonchev–Trinajstić information content (AvgIpc) is 2.76. The lowest BCUT2D eigenvalue weighted by Crippen LogP contribution is -2.33. The van der Waals surface area contributed by atoms with Gasteiger partial charge in [-0.3, -0.25) is 4.98 Å². The Kier molecular flexibility index (Phi) is 2.36. The van der Waals surface area contributed by atoms with Crippen molar-refractivity contribution in [2.75, 3.05) is 11.4 Å². The molecule has 0 amide bonds. The van der Waals surface area contributed by atoms with Crippen LogP contribution >= 0.6 is 15.9 Å². The van der Waals surface area contributed by atoms with E-state index in [1.807, 2.05) is 12.3 Å².